The van der Waals surface area contributed by atoms with Gasteiger partial charge in [-0.25, -0.2) is 4.98 Å². The van der Waals surface area contributed by atoms with Gasteiger partial charge >= 0.3 is 0 Å². The predicted octanol–water partition coefficient (Wildman–Crippen LogP) is 3.15. The van der Waals surface area contributed by atoms with Gasteiger partial charge in [-0.05, 0) is 43.7 Å². The summed E-state index contributed by atoms with van der Waals surface area (Å²) in [5.41, 5.74) is 2.73. The standard InChI is InChI=1S/C24H28N4O3/c1-27(19-11-12-19)15-18-7-2-5-10-22(18)28(17-30)16-23-25-21-9-4-3-8-20(21)24(26-23)31-14-6-13-29/h2-5,7-10,17,19,29H,6,11-16H2,1H3. The summed E-state index contributed by atoms with van der Waals surface area (Å²) in [7, 11) is 2.13. The van der Waals surface area contributed by atoms with E-state index in [1.807, 2.05) is 42.5 Å². The van der Waals surface area contributed by atoms with Crippen molar-refractivity contribution < 1.29 is 14.6 Å². The molecule has 0 unspecified atom stereocenters. The van der Waals surface area contributed by atoms with Gasteiger partial charge in [0.25, 0.3) is 0 Å². The number of para-hydroxylation sites is 2. The van der Waals surface area contributed by atoms with Gasteiger partial charge in [0, 0.05) is 31.3 Å². The van der Waals surface area contributed by atoms with Gasteiger partial charge in [0.15, 0.2) is 5.82 Å². The Bertz CT molecular complexity index is 1040. The van der Waals surface area contributed by atoms with Crippen LogP contribution in [0.15, 0.2) is 48.5 Å². The average Bonchev–Trinajstić information content (AvgIpc) is 3.64. The number of carbonyl (C=O) groups is 1. The first-order chi connectivity index (χ1) is 15.2. The van der Waals surface area contributed by atoms with Crippen molar-refractivity contribution in [3.05, 3.63) is 59.9 Å². The lowest BCUT2D eigenvalue weighted by Gasteiger charge is -2.23. The lowest BCUT2D eigenvalue weighted by molar-refractivity contribution is -0.107. The molecule has 0 spiro atoms. The smallest absolute Gasteiger partial charge is 0.224 e. The molecule has 0 radical (unpaired) electrons. The van der Waals surface area contributed by atoms with Crippen molar-refractivity contribution in [2.75, 3.05) is 25.2 Å². The minimum Gasteiger partial charge on any atom is -0.477 e. The SMILES string of the molecule is CN(Cc1ccccc1N(C=O)Cc1nc(OCCCO)c2ccccc2n1)C1CC1. The topological polar surface area (TPSA) is 78.8 Å². The van der Waals surface area contributed by atoms with Crippen molar-refractivity contribution >= 4 is 23.0 Å². The van der Waals surface area contributed by atoms with Gasteiger partial charge in [-0.2, -0.15) is 4.98 Å². The van der Waals surface area contributed by atoms with Gasteiger partial charge in [0.1, 0.15) is 0 Å². The van der Waals surface area contributed by atoms with Crippen LogP contribution in [0.3, 0.4) is 0 Å². The van der Waals surface area contributed by atoms with Gasteiger partial charge in [-0.3, -0.25) is 9.69 Å². The third-order valence-corrected chi connectivity index (χ3v) is 5.49. The Hall–Kier alpha value is -3.03. The summed E-state index contributed by atoms with van der Waals surface area (Å²) >= 11 is 0. The molecule has 2 aromatic carbocycles. The number of rotatable bonds is 11. The number of hydrogen-bond acceptors (Lipinski definition) is 6. The number of fused-ring (bicyclic) bond motifs is 1. The number of anilines is 1. The first kappa shape index (κ1) is 21.2. The Kier molecular flexibility index (Phi) is 6.74. The third kappa shape index (κ3) is 5.18. The summed E-state index contributed by atoms with van der Waals surface area (Å²) in [6, 6.07) is 16.3. The molecule has 1 aromatic heterocycles. The van der Waals surface area contributed by atoms with Crippen LogP contribution in [-0.2, 0) is 17.9 Å². The maximum Gasteiger partial charge on any atom is 0.224 e. The maximum atomic E-state index is 12.1. The Morgan fingerprint density at radius 2 is 1.87 bits per heavy atom. The molecule has 162 valence electrons. The fourth-order valence-corrected chi connectivity index (χ4v) is 3.68. The van der Waals surface area contributed by atoms with E-state index in [0.717, 1.165) is 35.1 Å². The maximum absolute atomic E-state index is 12.1. The molecule has 0 saturated heterocycles. The summed E-state index contributed by atoms with van der Waals surface area (Å²) in [6.45, 7) is 1.46. The molecular formula is C24H28N4O3. The second kappa shape index (κ2) is 9.85. The second-order valence-electron chi connectivity index (χ2n) is 7.90. The van der Waals surface area contributed by atoms with Gasteiger partial charge in [-0.1, -0.05) is 30.3 Å². The van der Waals surface area contributed by atoms with Crippen molar-refractivity contribution in [1.29, 1.82) is 0 Å². The first-order valence-corrected chi connectivity index (χ1v) is 10.7. The molecule has 1 aliphatic rings. The van der Waals surface area contributed by atoms with E-state index in [-0.39, 0.29) is 13.2 Å². The van der Waals surface area contributed by atoms with E-state index in [4.69, 9.17) is 9.84 Å². The van der Waals surface area contributed by atoms with E-state index >= 15 is 0 Å². The number of hydrogen-bond donors (Lipinski definition) is 1. The molecular weight excluding hydrogens is 392 g/mol. The van der Waals surface area contributed by atoms with Crippen molar-refractivity contribution in [2.45, 2.75) is 38.4 Å². The number of aromatic nitrogens is 2. The highest BCUT2D eigenvalue weighted by molar-refractivity contribution is 5.83. The van der Waals surface area contributed by atoms with Gasteiger partial charge in [0.2, 0.25) is 12.3 Å². The van der Waals surface area contributed by atoms with E-state index in [9.17, 15) is 4.79 Å². The monoisotopic (exact) mass is 420 g/mol. The molecule has 1 aliphatic carbocycles. The zero-order chi connectivity index (χ0) is 21.6. The number of carbonyl (C=O) groups excluding carboxylic acids is 1. The molecule has 1 heterocycles. The molecule has 1 amide bonds. The molecule has 1 fully saturated rings. The number of ether oxygens (including phenoxy) is 1. The van der Waals surface area contributed by atoms with Gasteiger partial charge in [0.05, 0.1) is 24.1 Å². The lowest BCUT2D eigenvalue weighted by atomic mass is 10.1. The third-order valence-electron chi connectivity index (χ3n) is 5.49. The lowest BCUT2D eigenvalue weighted by Crippen LogP contribution is -2.26. The Labute approximate surface area is 182 Å². The minimum absolute atomic E-state index is 0.0564. The van der Waals surface area contributed by atoms with E-state index in [0.29, 0.717) is 30.8 Å². The summed E-state index contributed by atoms with van der Waals surface area (Å²) in [5.74, 6) is 0.983. The van der Waals surface area contributed by atoms with Crippen LogP contribution in [0.2, 0.25) is 0 Å². The van der Waals surface area contributed by atoms with Crippen LogP contribution in [-0.4, -0.2) is 52.7 Å². The van der Waals surface area contributed by atoms with Crippen molar-refractivity contribution in [3.8, 4) is 5.88 Å². The summed E-state index contributed by atoms with van der Waals surface area (Å²) in [4.78, 5) is 25.3. The van der Waals surface area contributed by atoms with Gasteiger partial charge < -0.3 is 14.7 Å². The minimum atomic E-state index is 0.0564. The fourth-order valence-electron chi connectivity index (χ4n) is 3.68. The highest BCUT2D eigenvalue weighted by Crippen LogP contribution is 2.30. The Morgan fingerprint density at radius 3 is 2.65 bits per heavy atom. The average molecular weight is 421 g/mol. The molecule has 0 bridgehead atoms. The normalized spacial score (nSPS) is 13.5. The zero-order valence-electron chi connectivity index (χ0n) is 17.8. The van der Waals surface area contributed by atoms with Crippen LogP contribution < -0.4 is 9.64 Å². The van der Waals surface area contributed by atoms with E-state index in [1.54, 1.807) is 4.90 Å². The molecule has 0 atom stereocenters. The predicted molar refractivity (Wildman–Crippen MR) is 120 cm³/mol. The van der Waals surface area contributed by atoms with Crippen molar-refractivity contribution in [2.24, 2.45) is 0 Å². The van der Waals surface area contributed by atoms with Gasteiger partial charge in [-0.15, -0.1) is 0 Å². The summed E-state index contributed by atoms with van der Waals surface area (Å²) < 4.78 is 5.81. The molecule has 0 aliphatic heterocycles. The fraction of sp³-hybridized carbons (Fsp3) is 0.375. The van der Waals surface area contributed by atoms with Crippen LogP contribution in [0.5, 0.6) is 5.88 Å². The molecule has 7 heteroatoms. The molecule has 1 N–H and O–H groups in total. The number of benzene rings is 2. The highest BCUT2D eigenvalue weighted by atomic mass is 16.5. The Balaban J connectivity index is 1.61. The second-order valence-corrected chi connectivity index (χ2v) is 7.90. The number of aliphatic hydroxyl groups is 1. The van der Waals surface area contributed by atoms with Crippen LogP contribution in [0, 0.1) is 0 Å². The van der Waals surface area contributed by atoms with Crippen LogP contribution in [0.4, 0.5) is 5.69 Å². The van der Waals surface area contributed by atoms with E-state index in [1.165, 1.54) is 12.8 Å². The molecule has 3 aromatic rings. The largest absolute Gasteiger partial charge is 0.477 e. The number of nitrogens with zero attached hydrogens (tertiary/aromatic N) is 4. The van der Waals surface area contributed by atoms with Crippen LogP contribution in [0.1, 0.15) is 30.7 Å². The zero-order valence-corrected chi connectivity index (χ0v) is 17.8. The first-order valence-electron chi connectivity index (χ1n) is 10.7. The number of amides is 1. The number of aliphatic hydroxyl groups excluding tert-OH is 1. The summed E-state index contributed by atoms with van der Waals surface area (Å²) in [5, 5.41) is 9.87. The molecule has 7 nitrogen and oxygen atoms in total. The van der Waals surface area contributed by atoms with Crippen LogP contribution in [0.25, 0.3) is 10.9 Å². The molecule has 4 rings (SSSR count). The quantitative estimate of drug-likeness (QED) is 0.379. The van der Waals surface area contributed by atoms with Crippen LogP contribution >= 0.6 is 0 Å². The Morgan fingerprint density at radius 1 is 1.10 bits per heavy atom. The summed E-state index contributed by atoms with van der Waals surface area (Å²) in [6.07, 6.45) is 3.83. The van der Waals surface area contributed by atoms with Crippen molar-refractivity contribution in [3.63, 3.8) is 0 Å². The van der Waals surface area contributed by atoms with E-state index in [2.05, 4.69) is 28.0 Å². The molecule has 1 saturated carbocycles. The molecule has 31 heavy (non-hydrogen) atoms. The highest BCUT2D eigenvalue weighted by Gasteiger charge is 2.26. The van der Waals surface area contributed by atoms with Crippen molar-refractivity contribution in [1.82, 2.24) is 14.9 Å². The van der Waals surface area contributed by atoms with E-state index < -0.39 is 0 Å².